The fraction of sp³-hybridized carbons (Fsp3) is 0.348. The number of nitrogens with one attached hydrogen (secondary N) is 2. The Morgan fingerprint density at radius 1 is 0.935 bits per heavy atom. The first-order chi connectivity index (χ1) is 14.8. The molecule has 0 unspecified atom stereocenters. The summed E-state index contributed by atoms with van der Waals surface area (Å²) < 4.78 is 15.5. The van der Waals surface area contributed by atoms with Gasteiger partial charge in [-0.25, -0.2) is 4.79 Å². The topological polar surface area (TPSA) is 103 Å². The van der Waals surface area contributed by atoms with Crippen molar-refractivity contribution >= 4 is 17.8 Å². The first kappa shape index (κ1) is 23.7. The highest BCUT2D eigenvalue weighted by molar-refractivity contribution is 5.95. The number of benzene rings is 2. The van der Waals surface area contributed by atoms with Gasteiger partial charge in [0.2, 0.25) is 0 Å². The third-order valence-corrected chi connectivity index (χ3v) is 4.31. The third-order valence-electron chi connectivity index (χ3n) is 4.31. The summed E-state index contributed by atoms with van der Waals surface area (Å²) in [4.78, 5) is 35.7. The highest BCUT2D eigenvalue weighted by atomic mass is 16.5. The molecule has 0 aromatic heterocycles. The summed E-state index contributed by atoms with van der Waals surface area (Å²) in [6.45, 7) is 4.01. The standard InChI is InChI=1S/C23H28N2O6/c1-15(2)25-21(26)14-31-19-10-9-18(13-20(19)29-3)22(27)24-12-11-16-5-7-17(8-6-16)23(28)30-4/h5-10,13,15H,11-12,14H2,1-4H3,(H,24,27)(H,25,26). The number of ether oxygens (including phenoxy) is 3. The van der Waals surface area contributed by atoms with Gasteiger partial charge in [0, 0.05) is 18.2 Å². The van der Waals surface area contributed by atoms with Crippen molar-refractivity contribution in [1.82, 2.24) is 10.6 Å². The van der Waals surface area contributed by atoms with Crippen molar-refractivity contribution in [2.45, 2.75) is 26.3 Å². The highest BCUT2D eigenvalue weighted by Gasteiger charge is 2.13. The van der Waals surface area contributed by atoms with E-state index in [0.717, 1.165) is 5.56 Å². The monoisotopic (exact) mass is 428 g/mol. The highest BCUT2D eigenvalue weighted by Crippen LogP contribution is 2.28. The Kier molecular flexibility index (Phi) is 8.87. The second kappa shape index (κ2) is 11.6. The fourth-order valence-corrected chi connectivity index (χ4v) is 2.78. The SMILES string of the molecule is COC(=O)c1ccc(CCNC(=O)c2ccc(OCC(=O)NC(C)C)c(OC)c2)cc1. The van der Waals surface area contributed by atoms with Gasteiger partial charge in [-0.05, 0) is 56.2 Å². The lowest BCUT2D eigenvalue weighted by atomic mass is 10.1. The van der Waals surface area contributed by atoms with Gasteiger partial charge in [0.1, 0.15) is 0 Å². The van der Waals surface area contributed by atoms with Crippen LogP contribution < -0.4 is 20.1 Å². The predicted molar refractivity (Wildman–Crippen MR) is 116 cm³/mol. The molecule has 2 N–H and O–H groups in total. The van der Waals surface area contributed by atoms with Crippen LogP contribution in [0.15, 0.2) is 42.5 Å². The normalized spacial score (nSPS) is 10.4. The molecule has 0 atom stereocenters. The number of rotatable bonds is 10. The second-order valence-corrected chi connectivity index (χ2v) is 7.07. The van der Waals surface area contributed by atoms with Crippen LogP contribution in [0.3, 0.4) is 0 Å². The summed E-state index contributed by atoms with van der Waals surface area (Å²) >= 11 is 0. The van der Waals surface area contributed by atoms with Crippen LogP contribution in [0.2, 0.25) is 0 Å². The summed E-state index contributed by atoms with van der Waals surface area (Å²) in [5.41, 5.74) is 1.87. The third kappa shape index (κ3) is 7.33. The van der Waals surface area contributed by atoms with Crippen LogP contribution in [0, 0.1) is 0 Å². The summed E-state index contributed by atoms with van der Waals surface area (Å²) in [6.07, 6.45) is 0.608. The van der Waals surface area contributed by atoms with E-state index in [1.807, 2.05) is 26.0 Å². The number of hydrogen-bond donors (Lipinski definition) is 2. The summed E-state index contributed by atoms with van der Waals surface area (Å²) in [5, 5.41) is 5.58. The average molecular weight is 428 g/mol. The molecule has 8 heteroatoms. The summed E-state index contributed by atoms with van der Waals surface area (Å²) in [5.74, 6) is -0.138. The van der Waals surface area contributed by atoms with E-state index in [1.165, 1.54) is 14.2 Å². The maximum Gasteiger partial charge on any atom is 0.337 e. The van der Waals surface area contributed by atoms with Crippen LogP contribution >= 0.6 is 0 Å². The zero-order valence-electron chi connectivity index (χ0n) is 18.2. The molecule has 0 spiro atoms. The van der Waals surface area contributed by atoms with Gasteiger partial charge in [-0.1, -0.05) is 12.1 Å². The average Bonchev–Trinajstić information content (AvgIpc) is 2.76. The molecule has 0 radical (unpaired) electrons. The molecule has 2 aromatic rings. The lowest BCUT2D eigenvalue weighted by molar-refractivity contribution is -0.123. The van der Waals surface area contributed by atoms with Crippen molar-refractivity contribution < 1.29 is 28.6 Å². The quantitative estimate of drug-likeness (QED) is 0.563. The Morgan fingerprint density at radius 2 is 1.61 bits per heavy atom. The number of carbonyl (C=O) groups is 3. The fourth-order valence-electron chi connectivity index (χ4n) is 2.78. The van der Waals surface area contributed by atoms with Gasteiger partial charge in [-0.15, -0.1) is 0 Å². The van der Waals surface area contributed by atoms with Crippen molar-refractivity contribution in [2.24, 2.45) is 0 Å². The second-order valence-electron chi connectivity index (χ2n) is 7.07. The predicted octanol–water partition coefficient (Wildman–Crippen LogP) is 2.36. The Hall–Kier alpha value is -3.55. The number of amides is 2. The van der Waals surface area contributed by atoms with Crippen LogP contribution in [-0.4, -0.2) is 51.2 Å². The maximum absolute atomic E-state index is 12.5. The Labute approximate surface area is 181 Å². The Morgan fingerprint density at radius 3 is 2.23 bits per heavy atom. The lowest BCUT2D eigenvalue weighted by Crippen LogP contribution is -2.34. The molecule has 0 aliphatic rings. The zero-order valence-corrected chi connectivity index (χ0v) is 18.2. The van der Waals surface area contributed by atoms with Gasteiger partial charge in [0.15, 0.2) is 18.1 Å². The lowest BCUT2D eigenvalue weighted by Gasteiger charge is -2.13. The Bertz CT molecular complexity index is 909. The van der Waals surface area contributed by atoms with Crippen LogP contribution in [0.4, 0.5) is 0 Å². The number of carbonyl (C=O) groups excluding carboxylic acids is 3. The molecule has 0 saturated heterocycles. The summed E-state index contributed by atoms with van der Waals surface area (Å²) in [6, 6.07) is 11.8. The van der Waals surface area contributed by atoms with Gasteiger partial charge in [0.05, 0.1) is 19.8 Å². The van der Waals surface area contributed by atoms with Crippen molar-refractivity contribution in [2.75, 3.05) is 27.4 Å². The number of esters is 1. The van der Waals surface area contributed by atoms with Crippen LogP contribution in [-0.2, 0) is 16.0 Å². The van der Waals surface area contributed by atoms with Crippen LogP contribution in [0.5, 0.6) is 11.5 Å². The van der Waals surface area contributed by atoms with E-state index in [9.17, 15) is 14.4 Å². The molecular weight excluding hydrogens is 400 g/mol. The molecule has 0 fully saturated rings. The molecule has 0 aliphatic heterocycles. The molecule has 0 aliphatic carbocycles. The van der Waals surface area contributed by atoms with Gasteiger partial charge in [0.25, 0.3) is 11.8 Å². The minimum absolute atomic E-state index is 0.0230. The largest absolute Gasteiger partial charge is 0.493 e. The molecule has 0 heterocycles. The molecule has 166 valence electrons. The van der Waals surface area contributed by atoms with E-state index in [0.29, 0.717) is 35.6 Å². The molecular formula is C23H28N2O6. The smallest absolute Gasteiger partial charge is 0.337 e. The van der Waals surface area contributed by atoms with E-state index in [2.05, 4.69) is 15.4 Å². The minimum Gasteiger partial charge on any atom is -0.493 e. The van der Waals surface area contributed by atoms with E-state index < -0.39 is 0 Å². The summed E-state index contributed by atoms with van der Waals surface area (Å²) in [7, 11) is 2.80. The molecule has 2 aromatic carbocycles. The first-order valence-electron chi connectivity index (χ1n) is 9.89. The van der Waals surface area contributed by atoms with Crippen LogP contribution in [0.25, 0.3) is 0 Å². The molecule has 2 rings (SSSR count). The molecule has 8 nitrogen and oxygen atoms in total. The molecule has 0 saturated carbocycles. The first-order valence-corrected chi connectivity index (χ1v) is 9.89. The van der Waals surface area contributed by atoms with Crippen molar-refractivity contribution in [3.63, 3.8) is 0 Å². The number of methoxy groups -OCH3 is 2. The van der Waals surface area contributed by atoms with E-state index >= 15 is 0 Å². The minimum atomic E-state index is -0.387. The van der Waals surface area contributed by atoms with Gasteiger partial charge >= 0.3 is 5.97 Å². The van der Waals surface area contributed by atoms with Crippen molar-refractivity contribution in [1.29, 1.82) is 0 Å². The molecule has 0 bridgehead atoms. The van der Waals surface area contributed by atoms with E-state index in [1.54, 1.807) is 30.3 Å². The number of hydrogen-bond acceptors (Lipinski definition) is 6. The molecule has 2 amide bonds. The van der Waals surface area contributed by atoms with Gasteiger partial charge < -0.3 is 24.8 Å². The zero-order chi connectivity index (χ0) is 22.8. The maximum atomic E-state index is 12.5. The van der Waals surface area contributed by atoms with Gasteiger partial charge in [-0.3, -0.25) is 9.59 Å². The van der Waals surface area contributed by atoms with Gasteiger partial charge in [-0.2, -0.15) is 0 Å². The van der Waals surface area contributed by atoms with E-state index in [-0.39, 0.29) is 30.4 Å². The van der Waals surface area contributed by atoms with Crippen LogP contribution in [0.1, 0.15) is 40.1 Å². The van der Waals surface area contributed by atoms with E-state index in [4.69, 9.17) is 9.47 Å². The Balaban J connectivity index is 1.90. The van der Waals surface area contributed by atoms with Crippen molar-refractivity contribution in [3.05, 3.63) is 59.2 Å². The van der Waals surface area contributed by atoms with Crippen molar-refractivity contribution in [3.8, 4) is 11.5 Å². The molecule has 31 heavy (non-hydrogen) atoms.